The van der Waals surface area contributed by atoms with Gasteiger partial charge >= 0.3 is 0 Å². The molecule has 3 rings (SSSR count). The van der Waals surface area contributed by atoms with Crippen LogP contribution in [0.4, 0.5) is 0 Å². The number of hydrogen-bond acceptors (Lipinski definition) is 2. The highest BCUT2D eigenvalue weighted by molar-refractivity contribution is 5.16. The first-order valence-corrected chi connectivity index (χ1v) is 8.29. The fourth-order valence-corrected chi connectivity index (χ4v) is 3.96. The zero-order chi connectivity index (χ0) is 13.8. The second-order valence-corrected chi connectivity index (χ2v) is 6.66. The molecule has 0 bridgehead atoms. The molecule has 0 spiro atoms. The smallest absolute Gasteiger partial charge is 0.0541 e. The lowest BCUT2D eigenvalue weighted by atomic mass is 9.90. The Morgan fingerprint density at radius 1 is 0.950 bits per heavy atom. The SMILES string of the molecule is OC1CCC(NC2CCCC2Cc2ccccc2)CC1. The maximum Gasteiger partial charge on any atom is 0.0541 e. The summed E-state index contributed by atoms with van der Waals surface area (Å²) in [7, 11) is 0. The summed E-state index contributed by atoms with van der Waals surface area (Å²) in [6, 6.07) is 12.2. The summed E-state index contributed by atoms with van der Waals surface area (Å²) < 4.78 is 0. The van der Waals surface area contributed by atoms with Gasteiger partial charge in [0, 0.05) is 12.1 Å². The van der Waals surface area contributed by atoms with Crippen molar-refractivity contribution in [2.24, 2.45) is 5.92 Å². The Morgan fingerprint density at radius 2 is 1.70 bits per heavy atom. The molecule has 0 aromatic heterocycles. The normalized spacial score (nSPS) is 34.2. The van der Waals surface area contributed by atoms with Crippen LogP contribution in [0.3, 0.4) is 0 Å². The molecule has 2 saturated carbocycles. The molecule has 2 atom stereocenters. The number of aliphatic hydroxyl groups is 1. The van der Waals surface area contributed by atoms with Gasteiger partial charge in [0.05, 0.1) is 6.10 Å². The quantitative estimate of drug-likeness (QED) is 0.882. The molecule has 1 aromatic rings. The highest BCUT2D eigenvalue weighted by Gasteiger charge is 2.30. The van der Waals surface area contributed by atoms with Crippen LogP contribution in [0.25, 0.3) is 0 Å². The van der Waals surface area contributed by atoms with Crippen LogP contribution >= 0.6 is 0 Å². The van der Waals surface area contributed by atoms with Gasteiger partial charge in [0.15, 0.2) is 0 Å². The minimum Gasteiger partial charge on any atom is -0.393 e. The van der Waals surface area contributed by atoms with Crippen LogP contribution in [-0.2, 0) is 6.42 Å². The Labute approximate surface area is 122 Å². The topological polar surface area (TPSA) is 32.3 Å². The fraction of sp³-hybridized carbons (Fsp3) is 0.667. The Bertz CT molecular complexity index is 397. The fourth-order valence-electron chi connectivity index (χ4n) is 3.96. The van der Waals surface area contributed by atoms with Crippen LogP contribution in [-0.4, -0.2) is 23.3 Å². The third-order valence-electron chi connectivity index (χ3n) is 5.15. The first-order valence-electron chi connectivity index (χ1n) is 8.29. The molecule has 0 amide bonds. The van der Waals surface area contributed by atoms with Gasteiger partial charge in [-0.25, -0.2) is 0 Å². The number of rotatable bonds is 4. The highest BCUT2D eigenvalue weighted by atomic mass is 16.3. The van der Waals surface area contributed by atoms with E-state index >= 15 is 0 Å². The summed E-state index contributed by atoms with van der Waals surface area (Å²) in [5.41, 5.74) is 1.48. The van der Waals surface area contributed by atoms with E-state index < -0.39 is 0 Å². The molecule has 0 saturated heterocycles. The lowest BCUT2D eigenvalue weighted by molar-refractivity contribution is 0.112. The molecule has 0 radical (unpaired) electrons. The molecule has 2 unspecified atom stereocenters. The Balaban J connectivity index is 1.53. The lowest BCUT2D eigenvalue weighted by Crippen LogP contribution is -2.43. The van der Waals surface area contributed by atoms with E-state index in [1.165, 1.54) is 31.2 Å². The summed E-state index contributed by atoms with van der Waals surface area (Å²) in [5, 5.41) is 13.5. The minimum absolute atomic E-state index is 0.0447. The van der Waals surface area contributed by atoms with Crippen LogP contribution in [0.1, 0.15) is 50.5 Å². The largest absolute Gasteiger partial charge is 0.393 e. The highest BCUT2D eigenvalue weighted by Crippen LogP contribution is 2.30. The molecule has 1 aromatic carbocycles. The molecule has 2 fully saturated rings. The molecular formula is C18H27NO. The van der Waals surface area contributed by atoms with Crippen molar-refractivity contribution in [3.8, 4) is 0 Å². The molecule has 2 aliphatic rings. The molecule has 0 aliphatic heterocycles. The molecule has 2 heteroatoms. The number of aliphatic hydroxyl groups excluding tert-OH is 1. The van der Waals surface area contributed by atoms with E-state index in [9.17, 15) is 5.11 Å². The molecule has 20 heavy (non-hydrogen) atoms. The van der Waals surface area contributed by atoms with Crippen LogP contribution in [0.15, 0.2) is 30.3 Å². The molecule has 2 nitrogen and oxygen atoms in total. The van der Waals surface area contributed by atoms with E-state index in [1.54, 1.807) is 0 Å². The van der Waals surface area contributed by atoms with Crippen molar-refractivity contribution in [1.29, 1.82) is 0 Å². The van der Waals surface area contributed by atoms with E-state index in [0.29, 0.717) is 12.1 Å². The van der Waals surface area contributed by atoms with E-state index in [-0.39, 0.29) is 6.10 Å². The van der Waals surface area contributed by atoms with Gasteiger partial charge in [0.25, 0.3) is 0 Å². The van der Waals surface area contributed by atoms with E-state index in [1.807, 2.05) is 0 Å². The summed E-state index contributed by atoms with van der Waals surface area (Å²) in [6.07, 6.45) is 9.49. The number of nitrogens with one attached hydrogen (secondary N) is 1. The van der Waals surface area contributed by atoms with Crippen molar-refractivity contribution in [1.82, 2.24) is 5.32 Å². The van der Waals surface area contributed by atoms with E-state index in [0.717, 1.165) is 31.6 Å². The molecular weight excluding hydrogens is 246 g/mol. The monoisotopic (exact) mass is 273 g/mol. The van der Waals surface area contributed by atoms with Crippen LogP contribution < -0.4 is 5.32 Å². The zero-order valence-corrected chi connectivity index (χ0v) is 12.3. The van der Waals surface area contributed by atoms with Gasteiger partial charge in [0.1, 0.15) is 0 Å². The third kappa shape index (κ3) is 3.62. The van der Waals surface area contributed by atoms with Crippen molar-refractivity contribution in [3.05, 3.63) is 35.9 Å². The maximum absolute atomic E-state index is 9.61. The number of hydrogen-bond donors (Lipinski definition) is 2. The van der Waals surface area contributed by atoms with Crippen molar-refractivity contribution < 1.29 is 5.11 Å². The van der Waals surface area contributed by atoms with Crippen molar-refractivity contribution in [2.45, 2.75) is 69.6 Å². The standard InChI is InChI=1S/C18H27NO/c20-17-11-9-16(10-12-17)19-18-8-4-7-15(18)13-14-5-2-1-3-6-14/h1-3,5-6,15-20H,4,7-13H2. The van der Waals surface area contributed by atoms with Crippen molar-refractivity contribution >= 4 is 0 Å². The van der Waals surface area contributed by atoms with Gasteiger partial charge in [-0.1, -0.05) is 36.8 Å². The Hall–Kier alpha value is -0.860. The minimum atomic E-state index is -0.0447. The predicted molar refractivity (Wildman–Crippen MR) is 82.7 cm³/mol. The average molecular weight is 273 g/mol. The van der Waals surface area contributed by atoms with Crippen LogP contribution in [0.2, 0.25) is 0 Å². The summed E-state index contributed by atoms with van der Waals surface area (Å²) in [5.74, 6) is 0.796. The van der Waals surface area contributed by atoms with Crippen molar-refractivity contribution in [3.63, 3.8) is 0 Å². The first kappa shape index (κ1) is 14.1. The van der Waals surface area contributed by atoms with Gasteiger partial charge < -0.3 is 10.4 Å². The summed E-state index contributed by atoms with van der Waals surface area (Å²) in [4.78, 5) is 0. The summed E-state index contributed by atoms with van der Waals surface area (Å²) >= 11 is 0. The van der Waals surface area contributed by atoms with Gasteiger partial charge in [-0.2, -0.15) is 0 Å². The lowest BCUT2D eigenvalue weighted by Gasteiger charge is -2.31. The van der Waals surface area contributed by atoms with Crippen LogP contribution in [0.5, 0.6) is 0 Å². The number of benzene rings is 1. The average Bonchev–Trinajstić information content (AvgIpc) is 2.90. The molecule has 110 valence electrons. The Morgan fingerprint density at radius 3 is 2.45 bits per heavy atom. The van der Waals surface area contributed by atoms with Gasteiger partial charge in [-0.15, -0.1) is 0 Å². The predicted octanol–water partition coefficient (Wildman–Crippen LogP) is 3.29. The van der Waals surface area contributed by atoms with Gasteiger partial charge in [-0.05, 0) is 56.4 Å². The van der Waals surface area contributed by atoms with E-state index in [4.69, 9.17) is 0 Å². The molecule has 2 N–H and O–H groups in total. The van der Waals surface area contributed by atoms with Crippen molar-refractivity contribution in [2.75, 3.05) is 0 Å². The van der Waals surface area contributed by atoms with Crippen LogP contribution in [0, 0.1) is 5.92 Å². The zero-order valence-electron chi connectivity index (χ0n) is 12.3. The molecule has 2 aliphatic carbocycles. The van der Waals surface area contributed by atoms with Gasteiger partial charge in [-0.3, -0.25) is 0 Å². The van der Waals surface area contributed by atoms with Gasteiger partial charge in [0.2, 0.25) is 0 Å². The van der Waals surface area contributed by atoms with E-state index in [2.05, 4.69) is 35.6 Å². The summed E-state index contributed by atoms with van der Waals surface area (Å²) in [6.45, 7) is 0. The second kappa shape index (κ2) is 6.73. The maximum atomic E-state index is 9.61. The first-order chi connectivity index (χ1) is 9.81. The molecule has 0 heterocycles. The second-order valence-electron chi connectivity index (χ2n) is 6.66. The Kier molecular flexibility index (Phi) is 4.74. The third-order valence-corrected chi connectivity index (χ3v) is 5.15.